The molecule has 0 saturated carbocycles. The van der Waals surface area contributed by atoms with Gasteiger partial charge in [-0.15, -0.1) is 0 Å². The summed E-state index contributed by atoms with van der Waals surface area (Å²) in [6.45, 7) is 3.96. The first-order valence-corrected chi connectivity index (χ1v) is 7.73. The number of amides is 2. The smallest absolute Gasteiger partial charge is 0.328 e. The number of hydrogen-bond donors (Lipinski definition) is 3. The summed E-state index contributed by atoms with van der Waals surface area (Å²) in [6.07, 6.45) is 0.0136. The van der Waals surface area contributed by atoms with E-state index >= 15 is 0 Å². The molecule has 0 saturated heterocycles. The second-order valence-corrected chi connectivity index (χ2v) is 5.36. The molecule has 1 aromatic carbocycles. The Morgan fingerprint density at radius 1 is 1.25 bits per heavy atom. The molecule has 2 aromatic rings. The third-order valence-electron chi connectivity index (χ3n) is 3.59. The Morgan fingerprint density at radius 3 is 2.67 bits per heavy atom. The van der Waals surface area contributed by atoms with Gasteiger partial charge in [0.2, 0.25) is 11.8 Å². The van der Waals surface area contributed by atoms with Crippen molar-refractivity contribution in [1.29, 1.82) is 0 Å². The van der Waals surface area contributed by atoms with Gasteiger partial charge in [-0.05, 0) is 26.0 Å². The molecular formula is C16H20N4O4. The molecule has 0 unspecified atom stereocenters. The predicted molar refractivity (Wildman–Crippen MR) is 89.7 cm³/mol. The minimum absolute atomic E-state index is 0.0136. The Bertz CT molecular complexity index is 868. The van der Waals surface area contributed by atoms with Crippen LogP contribution in [0.5, 0.6) is 0 Å². The van der Waals surface area contributed by atoms with E-state index in [2.05, 4.69) is 15.6 Å². The Balaban J connectivity index is 2.11. The molecule has 0 bridgehead atoms. The minimum atomic E-state index is -0.651. The first-order chi connectivity index (χ1) is 11.4. The number of carbonyl (C=O) groups is 2. The second-order valence-electron chi connectivity index (χ2n) is 5.36. The van der Waals surface area contributed by atoms with Gasteiger partial charge in [0.15, 0.2) is 0 Å². The van der Waals surface area contributed by atoms with E-state index < -0.39 is 17.3 Å². The van der Waals surface area contributed by atoms with Crippen LogP contribution in [0.25, 0.3) is 10.9 Å². The van der Waals surface area contributed by atoms with Crippen LogP contribution in [0.2, 0.25) is 0 Å². The maximum absolute atomic E-state index is 12.0. The average Bonchev–Trinajstić information content (AvgIpc) is 2.54. The van der Waals surface area contributed by atoms with Crippen LogP contribution in [0.1, 0.15) is 20.3 Å². The Morgan fingerprint density at radius 2 is 1.96 bits per heavy atom. The maximum atomic E-state index is 12.0. The van der Waals surface area contributed by atoms with Crippen LogP contribution in [-0.2, 0) is 16.1 Å². The van der Waals surface area contributed by atoms with Crippen LogP contribution >= 0.6 is 0 Å². The fourth-order valence-electron chi connectivity index (χ4n) is 2.38. The summed E-state index contributed by atoms with van der Waals surface area (Å²) in [4.78, 5) is 49.6. The van der Waals surface area contributed by atoms with Crippen LogP contribution in [0.3, 0.4) is 0 Å². The third-order valence-corrected chi connectivity index (χ3v) is 3.59. The van der Waals surface area contributed by atoms with E-state index in [-0.39, 0.29) is 24.8 Å². The van der Waals surface area contributed by atoms with Crippen molar-refractivity contribution in [3.05, 3.63) is 45.1 Å². The van der Waals surface area contributed by atoms with Gasteiger partial charge >= 0.3 is 5.69 Å². The highest BCUT2D eigenvalue weighted by atomic mass is 16.2. The third kappa shape index (κ3) is 3.89. The lowest BCUT2D eigenvalue weighted by Crippen LogP contribution is -2.45. The molecule has 24 heavy (non-hydrogen) atoms. The number of para-hydroxylation sites is 1. The monoisotopic (exact) mass is 332 g/mol. The van der Waals surface area contributed by atoms with Gasteiger partial charge in [-0.1, -0.05) is 12.1 Å². The lowest BCUT2D eigenvalue weighted by atomic mass is 10.2. The van der Waals surface area contributed by atoms with Gasteiger partial charge < -0.3 is 10.6 Å². The van der Waals surface area contributed by atoms with Crippen molar-refractivity contribution in [2.75, 3.05) is 6.54 Å². The quantitative estimate of drug-likeness (QED) is 0.675. The zero-order valence-electron chi connectivity index (χ0n) is 13.6. The molecular weight excluding hydrogens is 312 g/mol. The molecule has 0 radical (unpaired) electrons. The molecule has 2 rings (SSSR count). The predicted octanol–water partition coefficient (Wildman–Crippen LogP) is -0.279. The molecule has 0 aliphatic carbocycles. The number of H-pyrrole nitrogens is 1. The molecule has 3 N–H and O–H groups in total. The molecule has 0 aliphatic rings. The number of nitrogens with one attached hydrogen (secondary N) is 3. The zero-order chi connectivity index (χ0) is 17.7. The van der Waals surface area contributed by atoms with Gasteiger partial charge in [-0.3, -0.25) is 23.9 Å². The van der Waals surface area contributed by atoms with Gasteiger partial charge in [-0.2, -0.15) is 0 Å². The lowest BCUT2D eigenvalue weighted by Gasteiger charge is -2.14. The molecule has 0 fully saturated rings. The summed E-state index contributed by atoms with van der Waals surface area (Å²) in [6, 6.07) is 6.03. The fraction of sp³-hybridized carbons (Fsp3) is 0.375. The summed E-state index contributed by atoms with van der Waals surface area (Å²) in [5, 5.41) is 5.57. The molecule has 8 nitrogen and oxygen atoms in total. The fourth-order valence-corrected chi connectivity index (χ4v) is 2.38. The van der Waals surface area contributed by atoms with Gasteiger partial charge in [0.25, 0.3) is 5.56 Å². The standard InChI is InChI=1S/C16H20N4O4/c1-3-17-14(22)10(2)18-13(21)8-9-20-12-7-5-4-6-11(12)15(23)19-16(20)24/h4-7,10H,3,8-9H2,1-2H3,(H,17,22)(H,18,21)(H,19,23,24)/t10-/m0/s1. The highest BCUT2D eigenvalue weighted by molar-refractivity contribution is 5.87. The van der Waals surface area contributed by atoms with E-state index in [1.165, 1.54) is 4.57 Å². The van der Waals surface area contributed by atoms with E-state index in [1.54, 1.807) is 38.1 Å². The summed E-state index contributed by atoms with van der Waals surface area (Å²) < 4.78 is 1.34. The zero-order valence-corrected chi connectivity index (χ0v) is 13.6. The first kappa shape index (κ1) is 17.5. The van der Waals surface area contributed by atoms with Crippen LogP contribution in [0, 0.1) is 0 Å². The van der Waals surface area contributed by atoms with Gasteiger partial charge in [0.1, 0.15) is 6.04 Å². The number of aromatic amines is 1. The molecule has 2 amide bonds. The SMILES string of the molecule is CCNC(=O)[C@H](C)NC(=O)CCn1c(=O)[nH]c(=O)c2ccccc21. The number of rotatable bonds is 6. The summed E-state index contributed by atoms with van der Waals surface area (Å²) >= 11 is 0. The molecule has 1 heterocycles. The van der Waals surface area contributed by atoms with Crippen molar-refractivity contribution in [2.45, 2.75) is 32.9 Å². The van der Waals surface area contributed by atoms with Crippen molar-refractivity contribution in [1.82, 2.24) is 20.2 Å². The Kier molecular flexibility index (Phi) is 5.51. The normalized spacial score (nSPS) is 11.9. The minimum Gasteiger partial charge on any atom is -0.355 e. The number of likely N-dealkylation sites (N-methyl/N-ethyl adjacent to an activating group) is 1. The van der Waals surface area contributed by atoms with Gasteiger partial charge in [0.05, 0.1) is 10.9 Å². The highest BCUT2D eigenvalue weighted by Crippen LogP contribution is 2.07. The second kappa shape index (κ2) is 7.58. The van der Waals surface area contributed by atoms with Crippen LogP contribution in [0.4, 0.5) is 0 Å². The number of carbonyl (C=O) groups excluding carboxylic acids is 2. The lowest BCUT2D eigenvalue weighted by molar-refractivity contribution is -0.128. The van der Waals surface area contributed by atoms with E-state index in [9.17, 15) is 19.2 Å². The molecule has 8 heteroatoms. The molecule has 1 aromatic heterocycles. The summed E-state index contributed by atoms with van der Waals surface area (Å²) in [5.41, 5.74) is -0.555. The van der Waals surface area contributed by atoms with Crippen molar-refractivity contribution in [3.8, 4) is 0 Å². The van der Waals surface area contributed by atoms with E-state index in [1.807, 2.05) is 0 Å². The van der Waals surface area contributed by atoms with E-state index in [0.717, 1.165) is 0 Å². The molecule has 0 spiro atoms. The number of aryl methyl sites for hydroxylation is 1. The summed E-state index contributed by atoms with van der Waals surface area (Å²) in [5.74, 6) is -0.617. The van der Waals surface area contributed by atoms with Crippen LogP contribution in [0.15, 0.2) is 33.9 Å². The van der Waals surface area contributed by atoms with Crippen molar-refractivity contribution in [3.63, 3.8) is 0 Å². The van der Waals surface area contributed by atoms with Crippen LogP contribution in [-0.4, -0.2) is 34.0 Å². The number of hydrogen-bond acceptors (Lipinski definition) is 4. The number of fused-ring (bicyclic) bond motifs is 1. The van der Waals surface area contributed by atoms with Gasteiger partial charge in [0, 0.05) is 19.5 Å². The number of nitrogens with zero attached hydrogens (tertiary/aromatic N) is 1. The van der Waals surface area contributed by atoms with Crippen LogP contribution < -0.4 is 21.9 Å². The summed E-state index contributed by atoms with van der Waals surface area (Å²) in [7, 11) is 0. The van der Waals surface area contributed by atoms with E-state index in [0.29, 0.717) is 17.4 Å². The van der Waals surface area contributed by atoms with Crippen molar-refractivity contribution >= 4 is 22.7 Å². The Hall–Kier alpha value is -2.90. The van der Waals surface area contributed by atoms with Crippen molar-refractivity contribution < 1.29 is 9.59 Å². The molecule has 0 aliphatic heterocycles. The highest BCUT2D eigenvalue weighted by Gasteiger charge is 2.15. The number of aromatic nitrogens is 2. The maximum Gasteiger partial charge on any atom is 0.328 e. The average molecular weight is 332 g/mol. The first-order valence-electron chi connectivity index (χ1n) is 7.73. The molecule has 1 atom stereocenters. The largest absolute Gasteiger partial charge is 0.355 e. The topological polar surface area (TPSA) is 113 Å². The van der Waals surface area contributed by atoms with Gasteiger partial charge in [-0.25, -0.2) is 4.79 Å². The molecule has 128 valence electrons. The number of benzene rings is 1. The van der Waals surface area contributed by atoms with Crippen molar-refractivity contribution in [2.24, 2.45) is 0 Å². The van der Waals surface area contributed by atoms with E-state index in [4.69, 9.17) is 0 Å². The Labute approximate surface area is 137 Å².